The van der Waals surface area contributed by atoms with E-state index in [-0.39, 0.29) is 5.75 Å². The van der Waals surface area contributed by atoms with Crippen molar-refractivity contribution in [2.24, 2.45) is 0 Å². The lowest BCUT2D eigenvalue weighted by Crippen LogP contribution is -1.68. The van der Waals surface area contributed by atoms with Gasteiger partial charge in [0.1, 0.15) is 5.75 Å². The van der Waals surface area contributed by atoms with Crippen LogP contribution in [0.5, 0.6) is 5.75 Å². The average Bonchev–Trinajstić information content (AvgIpc) is 1.64. The van der Waals surface area contributed by atoms with Gasteiger partial charge in [-0.2, -0.15) is 0 Å². The maximum absolute atomic E-state index is 8.76. The highest BCUT2D eigenvalue weighted by atomic mass is 16.3. The molecule has 1 rings (SSSR count). The second-order valence-electron chi connectivity index (χ2n) is 1.72. The number of phenolic OH excluding ortho intramolecular Hbond substituents is 1. The molecule has 0 aliphatic rings. The van der Waals surface area contributed by atoms with Gasteiger partial charge in [-0.15, -0.1) is 0 Å². The Morgan fingerprint density at radius 2 is 2.25 bits per heavy atom. The van der Waals surface area contributed by atoms with Gasteiger partial charge in [-0.05, 0) is 18.6 Å². The van der Waals surface area contributed by atoms with Crippen LogP contribution in [0.25, 0.3) is 0 Å². The topological polar surface area (TPSA) is 20.2 Å². The lowest BCUT2D eigenvalue weighted by Gasteiger charge is -1.88. The molecule has 1 aromatic carbocycles. The van der Waals surface area contributed by atoms with Gasteiger partial charge in [0.15, 0.2) is 0 Å². The lowest BCUT2D eigenvalue weighted by atomic mass is 10.2. The standard InChI is InChI=1S/C7H7O/c1-6-3-2-4-7(8)5-6/h2-4,8H,1H3. The molecular weight excluding hydrogens is 100 g/mol. The molecule has 0 saturated heterocycles. The van der Waals surface area contributed by atoms with Crippen molar-refractivity contribution in [1.29, 1.82) is 0 Å². The molecule has 0 heterocycles. The summed E-state index contributed by atoms with van der Waals surface area (Å²) >= 11 is 0. The quantitative estimate of drug-likeness (QED) is 0.532. The van der Waals surface area contributed by atoms with Crippen molar-refractivity contribution in [2.75, 3.05) is 0 Å². The molecule has 0 amide bonds. The van der Waals surface area contributed by atoms with E-state index in [0.29, 0.717) is 0 Å². The molecule has 1 N–H and O–H groups in total. The molecule has 1 aromatic rings. The summed E-state index contributed by atoms with van der Waals surface area (Å²) in [6.07, 6.45) is 0. The van der Waals surface area contributed by atoms with Gasteiger partial charge in [0, 0.05) is 6.07 Å². The fraction of sp³-hybridized carbons (Fsp3) is 0.143. The Labute approximate surface area is 48.6 Å². The van der Waals surface area contributed by atoms with Gasteiger partial charge in [-0.1, -0.05) is 12.1 Å². The number of aryl methyl sites for hydroxylation is 1. The third-order valence-electron chi connectivity index (χ3n) is 0.926. The van der Waals surface area contributed by atoms with E-state index < -0.39 is 0 Å². The number of benzene rings is 1. The van der Waals surface area contributed by atoms with Gasteiger partial charge in [-0.3, -0.25) is 0 Å². The first kappa shape index (κ1) is 5.16. The Balaban J connectivity index is 3.08. The Morgan fingerprint density at radius 3 is 2.62 bits per heavy atom. The SMILES string of the molecule is Cc1[c]c(O)ccc1. The summed E-state index contributed by atoms with van der Waals surface area (Å²) in [4.78, 5) is 0. The first-order valence-electron chi connectivity index (χ1n) is 2.47. The number of rotatable bonds is 0. The molecule has 0 aliphatic heterocycles. The number of hydrogen-bond donors (Lipinski definition) is 1. The van der Waals surface area contributed by atoms with E-state index >= 15 is 0 Å². The molecule has 0 saturated carbocycles. The summed E-state index contributed by atoms with van der Waals surface area (Å²) < 4.78 is 0. The Kier molecular flexibility index (Phi) is 1.20. The minimum Gasteiger partial charge on any atom is -0.507 e. The van der Waals surface area contributed by atoms with Crippen molar-refractivity contribution < 1.29 is 5.11 Å². The van der Waals surface area contributed by atoms with E-state index in [9.17, 15) is 0 Å². The van der Waals surface area contributed by atoms with E-state index in [1.807, 2.05) is 13.0 Å². The fourth-order valence-electron chi connectivity index (χ4n) is 0.569. The van der Waals surface area contributed by atoms with Crippen LogP contribution in [0, 0.1) is 13.0 Å². The molecule has 0 spiro atoms. The monoisotopic (exact) mass is 107 g/mol. The summed E-state index contributed by atoms with van der Waals surface area (Å²) in [5, 5.41) is 8.76. The fourth-order valence-corrected chi connectivity index (χ4v) is 0.569. The van der Waals surface area contributed by atoms with Crippen LogP contribution in [0.3, 0.4) is 0 Å². The predicted molar refractivity (Wildman–Crippen MR) is 31.7 cm³/mol. The third kappa shape index (κ3) is 0.997. The summed E-state index contributed by atoms with van der Waals surface area (Å²) in [6, 6.07) is 8.01. The molecule has 0 aromatic heterocycles. The molecule has 1 nitrogen and oxygen atoms in total. The molecule has 41 valence electrons. The van der Waals surface area contributed by atoms with E-state index in [0.717, 1.165) is 5.56 Å². The summed E-state index contributed by atoms with van der Waals surface area (Å²) in [7, 11) is 0. The van der Waals surface area contributed by atoms with E-state index in [1.54, 1.807) is 12.1 Å². The van der Waals surface area contributed by atoms with Crippen molar-refractivity contribution in [3.63, 3.8) is 0 Å². The van der Waals surface area contributed by atoms with Crippen molar-refractivity contribution in [2.45, 2.75) is 6.92 Å². The molecular formula is C7H7O. The molecule has 0 atom stereocenters. The van der Waals surface area contributed by atoms with Crippen LogP contribution in [0.2, 0.25) is 0 Å². The zero-order valence-corrected chi connectivity index (χ0v) is 4.68. The van der Waals surface area contributed by atoms with Gasteiger partial charge < -0.3 is 5.11 Å². The zero-order valence-electron chi connectivity index (χ0n) is 4.68. The second-order valence-corrected chi connectivity index (χ2v) is 1.72. The first-order valence-corrected chi connectivity index (χ1v) is 2.47. The van der Waals surface area contributed by atoms with Gasteiger partial charge in [0.25, 0.3) is 0 Å². The lowest BCUT2D eigenvalue weighted by molar-refractivity contribution is 0.473. The number of phenols is 1. The van der Waals surface area contributed by atoms with Gasteiger partial charge in [0.05, 0.1) is 0 Å². The largest absolute Gasteiger partial charge is 0.507 e. The highest BCUT2D eigenvalue weighted by Crippen LogP contribution is 2.07. The maximum Gasteiger partial charge on any atom is 0.123 e. The van der Waals surface area contributed by atoms with E-state index in [4.69, 9.17) is 5.11 Å². The van der Waals surface area contributed by atoms with Gasteiger partial charge in [0.2, 0.25) is 0 Å². The van der Waals surface area contributed by atoms with Crippen LogP contribution < -0.4 is 0 Å². The number of hydrogen-bond acceptors (Lipinski definition) is 1. The van der Waals surface area contributed by atoms with E-state index in [1.165, 1.54) is 0 Å². The molecule has 8 heavy (non-hydrogen) atoms. The smallest absolute Gasteiger partial charge is 0.123 e. The van der Waals surface area contributed by atoms with Crippen LogP contribution in [0.15, 0.2) is 18.2 Å². The van der Waals surface area contributed by atoms with E-state index in [2.05, 4.69) is 6.07 Å². The Bertz CT molecular complexity index is 164. The van der Waals surface area contributed by atoms with Crippen molar-refractivity contribution in [1.82, 2.24) is 0 Å². The van der Waals surface area contributed by atoms with Gasteiger partial charge >= 0.3 is 0 Å². The summed E-state index contributed by atoms with van der Waals surface area (Å²) in [5.74, 6) is 0.213. The van der Waals surface area contributed by atoms with Crippen LogP contribution >= 0.6 is 0 Å². The van der Waals surface area contributed by atoms with Crippen molar-refractivity contribution in [3.8, 4) is 5.75 Å². The number of aromatic hydroxyl groups is 1. The van der Waals surface area contributed by atoms with Crippen LogP contribution in [0.1, 0.15) is 5.56 Å². The second kappa shape index (κ2) is 1.86. The minimum atomic E-state index is 0.213. The molecule has 0 fully saturated rings. The first-order chi connectivity index (χ1) is 3.79. The highest BCUT2D eigenvalue weighted by molar-refractivity contribution is 5.23. The van der Waals surface area contributed by atoms with Crippen molar-refractivity contribution in [3.05, 3.63) is 29.8 Å². The third-order valence-corrected chi connectivity index (χ3v) is 0.926. The molecule has 1 heteroatoms. The van der Waals surface area contributed by atoms with Crippen LogP contribution in [-0.2, 0) is 0 Å². The van der Waals surface area contributed by atoms with Crippen LogP contribution in [-0.4, -0.2) is 5.11 Å². The Morgan fingerprint density at radius 1 is 1.50 bits per heavy atom. The predicted octanol–water partition coefficient (Wildman–Crippen LogP) is 1.50. The molecule has 1 radical (unpaired) electrons. The maximum atomic E-state index is 8.76. The molecule has 0 bridgehead atoms. The highest BCUT2D eigenvalue weighted by Gasteiger charge is 1.84. The molecule has 0 aliphatic carbocycles. The van der Waals surface area contributed by atoms with Gasteiger partial charge in [-0.25, -0.2) is 0 Å². The minimum absolute atomic E-state index is 0.213. The normalized spacial score (nSPS) is 9.12. The average molecular weight is 107 g/mol. The molecule has 0 unspecified atom stereocenters. The summed E-state index contributed by atoms with van der Waals surface area (Å²) in [6.45, 7) is 1.89. The summed E-state index contributed by atoms with van der Waals surface area (Å²) in [5.41, 5.74) is 0.963. The van der Waals surface area contributed by atoms with Crippen molar-refractivity contribution >= 4 is 0 Å². The van der Waals surface area contributed by atoms with Crippen LogP contribution in [0.4, 0.5) is 0 Å². The Hall–Kier alpha value is -0.980. The zero-order chi connectivity index (χ0) is 5.98.